The maximum absolute atomic E-state index is 14.8. The van der Waals surface area contributed by atoms with Crippen molar-refractivity contribution in [3.63, 3.8) is 0 Å². The fourth-order valence-corrected chi connectivity index (χ4v) is 8.25. The molecule has 8 aromatic carbocycles. The van der Waals surface area contributed by atoms with Gasteiger partial charge in [-0.2, -0.15) is 0 Å². The Morgan fingerprint density at radius 1 is 0.328 bits per heavy atom. The van der Waals surface area contributed by atoms with Crippen LogP contribution in [0.3, 0.4) is 0 Å². The van der Waals surface area contributed by atoms with Crippen molar-refractivity contribution in [1.82, 2.24) is 24.1 Å². The Hall–Kier alpha value is -7.77. The van der Waals surface area contributed by atoms with Crippen LogP contribution >= 0.6 is 0 Å². The van der Waals surface area contributed by atoms with Gasteiger partial charge in [-0.15, -0.1) is 0 Å². The first-order valence-electron chi connectivity index (χ1n) is 19.1. The molecule has 0 aliphatic rings. The van der Waals surface area contributed by atoms with Crippen LogP contribution in [0.2, 0.25) is 0 Å². The topological polar surface area (TPSA) is 48.5 Å². The molecule has 0 saturated heterocycles. The lowest BCUT2D eigenvalue weighted by Gasteiger charge is -2.17. The first kappa shape index (κ1) is 33.6. The van der Waals surface area contributed by atoms with E-state index in [1.54, 1.807) is 6.07 Å². The summed E-state index contributed by atoms with van der Waals surface area (Å²) in [5.74, 6) is -0.253. The summed E-state index contributed by atoms with van der Waals surface area (Å²) in [6.45, 7) is 0. The van der Waals surface area contributed by atoms with Gasteiger partial charge >= 0.3 is 0 Å². The van der Waals surface area contributed by atoms with Gasteiger partial charge < -0.3 is 9.13 Å². The number of benzene rings is 8. The zero-order valence-electron chi connectivity index (χ0n) is 30.9. The summed E-state index contributed by atoms with van der Waals surface area (Å²) in [6.07, 6.45) is 0. The number of para-hydroxylation sites is 3. The highest BCUT2D eigenvalue weighted by Gasteiger charge is 2.22. The van der Waals surface area contributed by atoms with Crippen LogP contribution < -0.4 is 0 Å². The molecular formula is C51H31F2N5. The van der Waals surface area contributed by atoms with E-state index >= 15 is 0 Å². The molecule has 0 aliphatic heterocycles. The van der Waals surface area contributed by atoms with Gasteiger partial charge in [0.2, 0.25) is 0 Å². The second-order valence-corrected chi connectivity index (χ2v) is 14.3. The summed E-state index contributed by atoms with van der Waals surface area (Å²) >= 11 is 0. The summed E-state index contributed by atoms with van der Waals surface area (Å²) in [4.78, 5) is 15.2. The van der Waals surface area contributed by atoms with Crippen LogP contribution in [0.1, 0.15) is 0 Å². The van der Waals surface area contributed by atoms with Gasteiger partial charge in [0.25, 0.3) is 0 Å². The monoisotopic (exact) mass is 751 g/mol. The van der Waals surface area contributed by atoms with E-state index in [4.69, 9.17) is 15.0 Å². The van der Waals surface area contributed by atoms with Crippen molar-refractivity contribution < 1.29 is 8.78 Å². The van der Waals surface area contributed by atoms with E-state index in [9.17, 15) is 8.78 Å². The molecule has 0 aliphatic carbocycles. The maximum atomic E-state index is 14.8. The second kappa shape index (κ2) is 13.5. The minimum Gasteiger partial charge on any atom is -0.309 e. The highest BCUT2D eigenvalue weighted by Crippen LogP contribution is 2.40. The van der Waals surface area contributed by atoms with E-state index in [0.29, 0.717) is 28.6 Å². The Labute approximate surface area is 331 Å². The van der Waals surface area contributed by atoms with E-state index in [2.05, 4.69) is 94.1 Å². The molecule has 0 bridgehead atoms. The number of fused-ring (bicyclic) bond motifs is 6. The number of aromatic nitrogens is 5. The Balaban J connectivity index is 1.23. The Bertz CT molecular complexity index is 3260. The van der Waals surface area contributed by atoms with Crippen molar-refractivity contribution in [3.05, 3.63) is 200 Å². The van der Waals surface area contributed by atoms with Gasteiger partial charge in [0.15, 0.2) is 29.1 Å². The third-order valence-corrected chi connectivity index (χ3v) is 10.9. The molecule has 3 heterocycles. The molecule has 11 aromatic rings. The molecule has 0 amide bonds. The van der Waals surface area contributed by atoms with Crippen LogP contribution in [0, 0.1) is 11.6 Å². The minimum absolute atomic E-state index is 0.476. The smallest absolute Gasteiger partial charge is 0.166 e. The SMILES string of the molecule is Fc1ccc(-c2ccc(-c3nc(-c4ccccc4)nc(-c4ccccc4)n3)c(-n3c4ccccc4c4ccc(-n5c6ccccc6c6ccccc65)cc43)c2)cc1F. The summed E-state index contributed by atoms with van der Waals surface area (Å²) in [5.41, 5.74) is 9.65. The van der Waals surface area contributed by atoms with Gasteiger partial charge in [-0.25, -0.2) is 23.7 Å². The molecule has 0 spiro atoms. The first-order chi connectivity index (χ1) is 28.6. The minimum atomic E-state index is -0.909. The Morgan fingerprint density at radius 3 is 1.40 bits per heavy atom. The van der Waals surface area contributed by atoms with Gasteiger partial charge in [0.05, 0.1) is 27.8 Å². The predicted molar refractivity (Wildman–Crippen MR) is 230 cm³/mol. The molecule has 0 fully saturated rings. The molecule has 0 radical (unpaired) electrons. The van der Waals surface area contributed by atoms with E-state index in [0.717, 1.165) is 60.9 Å². The lowest BCUT2D eigenvalue weighted by molar-refractivity contribution is 0.509. The van der Waals surface area contributed by atoms with Crippen molar-refractivity contribution >= 4 is 43.6 Å². The van der Waals surface area contributed by atoms with Crippen molar-refractivity contribution in [2.24, 2.45) is 0 Å². The summed E-state index contributed by atoms with van der Waals surface area (Å²) in [6, 6.07) is 61.6. The fraction of sp³-hybridized carbons (Fsp3) is 0. The molecule has 5 nitrogen and oxygen atoms in total. The molecule has 11 rings (SSSR count). The van der Waals surface area contributed by atoms with Crippen molar-refractivity contribution in [2.45, 2.75) is 0 Å². The van der Waals surface area contributed by atoms with E-state index < -0.39 is 11.6 Å². The average molecular weight is 752 g/mol. The molecule has 0 unspecified atom stereocenters. The Morgan fingerprint density at radius 2 is 0.810 bits per heavy atom. The van der Waals surface area contributed by atoms with E-state index in [-0.39, 0.29) is 0 Å². The molecule has 58 heavy (non-hydrogen) atoms. The molecule has 0 atom stereocenters. The van der Waals surface area contributed by atoms with Crippen LogP contribution in [-0.2, 0) is 0 Å². The zero-order chi connectivity index (χ0) is 38.7. The molecule has 274 valence electrons. The largest absolute Gasteiger partial charge is 0.309 e. The lowest BCUT2D eigenvalue weighted by Crippen LogP contribution is -2.04. The van der Waals surface area contributed by atoms with Gasteiger partial charge in [0.1, 0.15) is 0 Å². The normalized spacial score (nSPS) is 11.6. The van der Waals surface area contributed by atoms with Crippen molar-refractivity contribution in [2.75, 3.05) is 0 Å². The van der Waals surface area contributed by atoms with Crippen molar-refractivity contribution in [1.29, 1.82) is 0 Å². The summed E-state index contributed by atoms with van der Waals surface area (Å²) < 4.78 is 33.6. The number of nitrogens with zero attached hydrogens (tertiary/aromatic N) is 5. The predicted octanol–water partition coefficient (Wildman–Crippen LogP) is 13.0. The number of hydrogen-bond acceptors (Lipinski definition) is 3. The first-order valence-corrected chi connectivity index (χ1v) is 19.1. The summed E-state index contributed by atoms with van der Waals surface area (Å²) in [7, 11) is 0. The number of hydrogen-bond donors (Lipinski definition) is 0. The van der Waals surface area contributed by atoms with Crippen molar-refractivity contribution in [3.8, 4) is 56.7 Å². The highest BCUT2D eigenvalue weighted by atomic mass is 19.2. The molecule has 3 aromatic heterocycles. The fourth-order valence-electron chi connectivity index (χ4n) is 8.25. The highest BCUT2D eigenvalue weighted by molar-refractivity contribution is 6.12. The summed E-state index contributed by atoms with van der Waals surface area (Å²) in [5, 5.41) is 4.49. The molecular weight excluding hydrogens is 721 g/mol. The number of rotatable bonds is 6. The van der Waals surface area contributed by atoms with Gasteiger partial charge in [0, 0.05) is 43.9 Å². The van der Waals surface area contributed by atoms with E-state index in [1.165, 1.54) is 22.9 Å². The van der Waals surface area contributed by atoms with Crippen LogP contribution in [-0.4, -0.2) is 24.1 Å². The van der Waals surface area contributed by atoms with Crippen LogP contribution in [0.25, 0.3) is 100 Å². The standard InChI is InChI=1S/C51H31F2N5/c52-42-28-24-34(29-43(42)53)35-23-26-41(51-55-49(32-13-3-1-4-14-32)54-50(56-51)33-15-5-2-6-16-33)47(30-35)58-46-22-12-9-19-39(46)40-27-25-36(31-48(40)58)57-44-20-10-7-17-37(44)38-18-8-11-21-45(38)57/h1-31H. The maximum Gasteiger partial charge on any atom is 0.166 e. The third-order valence-electron chi connectivity index (χ3n) is 10.9. The van der Waals surface area contributed by atoms with E-state index in [1.807, 2.05) is 84.9 Å². The van der Waals surface area contributed by atoms with Crippen LogP contribution in [0.5, 0.6) is 0 Å². The van der Waals surface area contributed by atoms with Crippen LogP contribution in [0.4, 0.5) is 8.78 Å². The molecule has 0 N–H and O–H groups in total. The quantitative estimate of drug-likeness (QED) is 0.170. The number of halogens is 2. The van der Waals surface area contributed by atoms with Crippen LogP contribution in [0.15, 0.2) is 188 Å². The Kier molecular flexibility index (Phi) is 7.79. The third kappa shape index (κ3) is 5.47. The van der Waals surface area contributed by atoms with Gasteiger partial charge in [-0.1, -0.05) is 133 Å². The lowest BCUT2D eigenvalue weighted by atomic mass is 10.0. The van der Waals surface area contributed by atoms with Gasteiger partial charge in [-0.3, -0.25) is 0 Å². The molecule has 0 saturated carbocycles. The van der Waals surface area contributed by atoms with Gasteiger partial charge in [-0.05, 0) is 65.7 Å². The zero-order valence-corrected chi connectivity index (χ0v) is 30.9. The molecule has 7 heteroatoms. The average Bonchev–Trinajstić information content (AvgIpc) is 3.80. The second-order valence-electron chi connectivity index (χ2n) is 14.3.